The number of hydrogen-bond donors (Lipinski definition) is 1. The van der Waals surface area contributed by atoms with Crippen LogP contribution in [0.25, 0.3) is 0 Å². The lowest BCUT2D eigenvalue weighted by molar-refractivity contribution is -0.384. The highest BCUT2D eigenvalue weighted by molar-refractivity contribution is 5.80. The van der Waals surface area contributed by atoms with Gasteiger partial charge >= 0.3 is 0 Å². The Morgan fingerprint density at radius 3 is 2.57 bits per heavy atom. The molecule has 0 saturated carbocycles. The van der Waals surface area contributed by atoms with E-state index in [0.29, 0.717) is 39.4 Å². The Kier molecular flexibility index (Phi) is 7.97. The van der Waals surface area contributed by atoms with Gasteiger partial charge in [-0.05, 0) is 12.5 Å². The first-order valence-corrected chi connectivity index (χ1v) is 10.4. The minimum absolute atomic E-state index is 0.0752. The lowest BCUT2D eigenvalue weighted by Gasteiger charge is -2.37. The molecule has 1 N–H and O–H groups in total. The molecule has 10 heteroatoms. The first kappa shape index (κ1) is 22.0. The van der Waals surface area contributed by atoms with Crippen LogP contribution >= 0.6 is 0 Å². The van der Waals surface area contributed by atoms with Gasteiger partial charge in [0.2, 0.25) is 5.91 Å². The van der Waals surface area contributed by atoms with Gasteiger partial charge in [-0.1, -0.05) is 12.1 Å². The first-order valence-electron chi connectivity index (χ1n) is 10.4. The quantitative estimate of drug-likeness (QED) is 0.311. The van der Waals surface area contributed by atoms with Crippen LogP contribution < -0.4 is 5.32 Å². The number of carbonyl (C=O) groups is 1. The van der Waals surface area contributed by atoms with E-state index in [-0.39, 0.29) is 11.6 Å². The molecule has 1 aromatic rings. The molecule has 2 heterocycles. The lowest BCUT2D eigenvalue weighted by atomic mass is 10.2. The van der Waals surface area contributed by atoms with Gasteiger partial charge in [0.1, 0.15) is 0 Å². The Bertz CT molecular complexity index is 757. The number of non-ortho nitro benzene ring substituents is 1. The molecular weight excluding hydrogens is 388 g/mol. The number of ether oxygens (including phenoxy) is 1. The molecule has 10 nitrogen and oxygen atoms in total. The minimum atomic E-state index is -0.393. The fourth-order valence-electron chi connectivity index (χ4n) is 3.58. The molecule has 2 saturated heterocycles. The van der Waals surface area contributed by atoms with Crippen molar-refractivity contribution < 1.29 is 14.5 Å². The second-order valence-electron chi connectivity index (χ2n) is 7.35. The van der Waals surface area contributed by atoms with Crippen LogP contribution in [0.5, 0.6) is 0 Å². The van der Waals surface area contributed by atoms with Gasteiger partial charge in [0.15, 0.2) is 5.96 Å². The molecule has 1 aromatic carbocycles. The molecule has 0 spiro atoms. The fraction of sp³-hybridized carbons (Fsp3) is 0.600. The molecular formula is C20H30N6O4. The number of hydrogen-bond acceptors (Lipinski definition) is 6. The van der Waals surface area contributed by atoms with Crippen molar-refractivity contribution in [3.05, 3.63) is 39.9 Å². The number of guanidine groups is 1. The number of morpholine rings is 1. The Morgan fingerprint density at radius 2 is 1.90 bits per heavy atom. The van der Waals surface area contributed by atoms with Crippen LogP contribution in [0.2, 0.25) is 0 Å². The fourth-order valence-corrected chi connectivity index (χ4v) is 3.58. The average Bonchev–Trinajstić information content (AvgIpc) is 2.78. The zero-order valence-corrected chi connectivity index (χ0v) is 17.5. The Hall–Kier alpha value is -2.72. The van der Waals surface area contributed by atoms with Gasteiger partial charge in [0.25, 0.3) is 5.69 Å². The van der Waals surface area contributed by atoms with E-state index in [1.165, 1.54) is 6.07 Å². The highest BCUT2D eigenvalue weighted by Crippen LogP contribution is 2.14. The van der Waals surface area contributed by atoms with Crippen LogP contribution in [-0.2, 0) is 16.1 Å². The van der Waals surface area contributed by atoms with Crippen molar-refractivity contribution in [2.24, 2.45) is 4.99 Å². The Labute approximate surface area is 176 Å². The van der Waals surface area contributed by atoms with Crippen molar-refractivity contribution in [2.45, 2.75) is 13.5 Å². The SMILES string of the molecule is CCNC(=NCc1cccc([N+](=O)[O-])c1)N1CCN(CC(=O)N2CCOCC2)CC1. The molecule has 2 aliphatic heterocycles. The average molecular weight is 418 g/mol. The summed E-state index contributed by atoms with van der Waals surface area (Å²) in [6.45, 7) is 9.28. The third-order valence-corrected chi connectivity index (χ3v) is 5.26. The lowest BCUT2D eigenvalue weighted by Crippen LogP contribution is -2.54. The second kappa shape index (κ2) is 10.9. The third-order valence-electron chi connectivity index (χ3n) is 5.26. The summed E-state index contributed by atoms with van der Waals surface area (Å²) >= 11 is 0. The monoisotopic (exact) mass is 418 g/mol. The van der Waals surface area contributed by atoms with E-state index in [1.54, 1.807) is 12.1 Å². The van der Waals surface area contributed by atoms with E-state index in [2.05, 4.69) is 20.1 Å². The van der Waals surface area contributed by atoms with Gasteiger partial charge in [0, 0.05) is 57.9 Å². The summed E-state index contributed by atoms with van der Waals surface area (Å²) in [5.74, 6) is 0.959. The van der Waals surface area contributed by atoms with Gasteiger partial charge < -0.3 is 19.9 Å². The summed E-state index contributed by atoms with van der Waals surface area (Å²) in [5, 5.41) is 14.3. The molecule has 0 unspecified atom stereocenters. The van der Waals surface area contributed by atoms with Gasteiger partial charge in [0.05, 0.1) is 31.2 Å². The maximum Gasteiger partial charge on any atom is 0.269 e. The summed E-state index contributed by atoms with van der Waals surface area (Å²) in [6, 6.07) is 6.56. The molecule has 0 radical (unpaired) electrons. The number of aliphatic imine (C=N–C) groups is 1. The van der Waals surface area contributed by atoms with E-state index in [0.717, 1.165) is 44.2 Å². The third kappa shape index (κ3) is 6.14. The number of rotatable bonds is 6. The summed E-state index contributed by atoms with van der Waals surface area (Å²) in [5.41, 5.74) is 0.876. The molecule has 0 aliphatic carbocycles. The van der Waals surface area contributed by atoms with Crippen LogP contribution in [0.3, 0.4) is 0 Å². The van der Waals surface area contributed by atoms with E-state index in [9.17, 15) is 14.9 Å². The van der Waals surface area contributed by atoms with Crippen molar-refractivity contribution >= 4 is 17.6 Å². The maximum absolute atomic E-state index is 12.5. The van der Waals surface area contributed by atoms with Gasteiger partial charge in [-0.25, -0.2) is 4.99 Å². The Balaban J connectivity index is 1.53. The number of nitrogens with zero attached hydrogens (tertiary/aromatic N) is 5. The summed E-state index contributed by atoms with van der Waals surface area (Å²) < 4.78 is 5.31. The summed E-state index contributed by atoms with van der Waals surface area (Å²) in [4.78, 5) is 33.9. The predicted molar refractivity (Wildman–Crippen MR) is 113 cm³/mol. The zero-order valence-electron chi connectivity index (χ0n) is 17.5. The smallest absolute Gasteiger partial charge is 0.269 e. The number of nitro groups is 1. The minimum Gasteiger partial charge on any atom is -0.378 e. The molecule has 3 rings (SSSR count). The predicted octanol–water partition coefficient (Wildman–Crippen LogP) is 0.537. The molecule has 0 bridgehead atoms. The maximum atomic E-state index is 12.5. The highest BCUT2D eigenvalue weighted by Gasteiger charge is 2.24. The summed E-state index contributed by atoms with van der Waals surface area (Å²) in [6.07, 6.45) is 0. The van der Waals surface area contributed by atoms with Crippen LogP contribution in [-0.4, -0.2) is 97.1 Å². The molecule has 164 valence electrons. The molecule has 1 amide bonds. The molecule has 0 atom stereocenters. The number of carbonyl (C=O) groups excluding carboxylic acids is 1. The Morgan fingerprint density at radius 1 is 1.17 bits per heavy atom. The van der Waals surface area contributed by atoms with Crippen LogP contribution in [0, 0.1) is 10.1 Å². The largest absolute Gasteiger partial charge is 0.378 e. The van der Waals surface area contributed by atoms with E-state index >= 15 is 0 Å². The van der Waals surface area contributed by atoms with Crippen molar-refractivity contribution in [1.82, 2.24) is 20.0 Å². The van der Waals surface area contributed by atoms with Crippen molar-refractivity contribution in [1.29, 1.82) is 0 Å². The molecule has 30 heavy (non-hydrogen) atoms. The summed E-state index contributed by atoms with van der Waals surface area (Å²) in [7, 11) is 0. The van der Waals surface area contributed by atoms with Gasteiger partial charge in [-0.15, -0.1) is 0 Å². The molecule has 0 aromatic heterocycles. The molecule has 2 aliphatic rings. The highest BCUT2D eigenvalue weighted by atomic mass is 16.6. The van der Waals surface area contributed by atoms with Gasteiger partial charge in [-0.2, -0.15) is 0 Å². The number of benzene rings is 1. The first-order chi connectivity index (χ1) is 14.6. The molecule has 2 fully saturated rings. The van der Waals surface area contributed by atoms with Gasteiger partial charge in [-0.3, -0.25) is 19.8 Å². The topological polar surface area (TPSA) is 104 Å². The standard InChI is InChI=1S/C20H30N6O4/c1-2-21-20(22-15-17-4-3-5-18(14-17)26(28)29)25-8-6-23(7-9-25)16-19(27)24-10-12-30-13-11-24/h3-5,14H,2,6-13,15-16H2,1H3,(H,21,22). The van der Waals surface area contributed by atoms with Crippen molar-refractivity contribution in [2.75, 3.05) is 65.6 Å². The number of nitro benzene ring substituents is 1. The van der Waals surface area contributed by atoms with Crippen LogP contribution in [0.4, 0.5) is 5.69 Å². The van der Waals surface area contributed by atoms with E-state index < -0.39 is 4.92 Å². The van der Waals surface area contributed by atoms with E-state index in [4.69, 9.17) is 4.74 Å². The number of nitrogens with one attached hydrogen (secondary N) is 1. The van der Waals surface area contributed by atoms with E-state index in [1.807, 2.05) is 17.9 Å². The second-order valence-corrected chi connectivity index (χ2v) is 7.35. The van der Waals surface area contributed by atoms with Crippen molar-refractivity contribution in [3.63, 3.8) is 0 Å². The number of piperazine rings is 1. The number of amides is 1. The zero-order chi connectivity index (χ0) is 21.3. The van der Waals surface area contributed by atoms with Crippen molar-refractivity contribution in [3.8, 4) is 0 Å². The van der Waals surface area contributed by atoms with Crippen LogP contribution in [0.15, 0.2) is 29.3 Å². The normalized spacial score (nSPS) is 18.4. The van der Waals surface area contributed by atoms with Crippen LogP contribution in [0.1, 0.15) is 12.5 Å².